The Morgan fingerprint density at radius 1 is 1.50 bits per heavy atom. The van der Waals surface area contributed by atoms with Gasteiger partial charge in [0.15, 0.2) is 0 Å². The highest BCUT2D eigenvalue weighted by Crippen LogP contribution is 2.01. The summed E-state index contributed by atoms with van der Waals surface area (Å²) in [6, 6.07) is -0.165. The molecule has 0 spiro atoms. The lowest BCUT2D eigenvalue weighted by Crippen LogP contribution is -2.25. The number of aromatic nitrogens is 2. The number of nitrogens with one attached hydrogen (secondary N) is 1. The van der Waals surface area contributed by atoms with Gasteiger partial charge in [0.25, 0.3) is 0 Å². The van der Waals surface area contributed by atoms with E-state index < -0.39 is 9.84 Å². The van der Waals surface area contributed by atoms with Crippen molar-refractivity contribution in [3.05, 3.63) is 18.6 Å². The molecule has 0 aromatic carbocycles. The third-order valence-corrected chi connectivity index (χ3v) is 2.62. The van der Waals surface area contributed by atoms with Crippen molar-refractivity contribution in [1.82, 2.24) is 9.97 Å². The molecule has 0 amide bonds. The van der Waals surface area contributed by atoms with E-state index >= 15 is 0 Å². The zero-order valence-electron chi connectivity index (χ0n) is 8.14. The molecule has 0 radical (unpaired) electrons. The summed E-state index contributed by atoms with van der Waals surface area (Å²) in [4.78, 5) is 7.84. The number of hydrogen-bond donors (Lipinski definition) is 1. The Bertz CT molecular complexity index is 377. The Hall–Kier alpha value is -1.17. The zero-order chi connectivity index (χ0) is 10.6. The first-order chi connectivity index (χ1) is 6.47. The van der Waals surface area contributed by atoms with E-state index in [0.717, 1.165) is 0 Å². The van der Waals surface area contributed by atoms with Crippen molar-refractivity contribution in [3.63, 3.8) is 0 Å². The van der Waals surface area contributed by atoms with Gasteiger partial charge in [-0.25, -0.2) is 13.4 Å². The quantitative estimate of drug-likeness (QED) is 0.783. The molecule has 78 valence electrons. The molecule has 1 N–H and O–H groups in total. The van der Waals surface area contributed by atoms with Crippen LogP contribution in [0.3, 0.4) is 0 Å². The minimum atomic E-state index is -2.95. The van der Waals surface area contributed by atoms with E-state index in [1.807, 2.05) is 0 Å². The summed E-state index contributed by atoms with van der Waals surface area (Å²) in [5.74, 6) is 0.674. The highest BCUT2D eigenvalue weighted by Gasteiger charge is 2.10. The van der Waals surface area contributed by atoms with Crippen LogP contribution in [0.2, 0.25) is 0 Å². The molecule has 1 aromatic rings. The van der Waals surface area contributed by atoms with Crippen molar-refractivity contribution in [2.24, 2.45) is 0 Å². The molecular formula is C8H13N3O2S. The van der Waals surface area contributed by atoms with Crippen LogP contribution in [-0.4, -0.2) is 36.4 Å². The zero-order valence-corrected chi connectivity index (χ0v) is 8.95. The van der Waals surface area contributed by atoms with Crippen molar-refractivity contribution >= 4 is 15.7 Å². The van der Waals surface area contributed by atoms with E-state index in [9.17, 15) is 8.42 Å². The molecule has 1 heterocycles. The lowest BCUT2D eigenvalue weighted by atomic mass is 10.4. The summed E-state index contributed by atoms with van der Waals surface area (Å²) in [7, 11) is -2.95. The summed E-state index contributed by atoms with van der Waals surface area (Å²) in [5.41, 5.74) is 0. The molecule has 1 unspecified atom stereocenters. The second-order valence-corrected chi connectivity index (χ2v) is 5.41. The Labute approximate surface area is 83.5 Å². The largest absolute Gasteiger partial charge is 0.365 e. The second kappa shape index (κ2) is 4.36. The molecule has 0 saturated heterocycles. The first-order valence-corrected chi connectivity index (χ1v) is 6.24. The minimum absolute atomic E-state index is 0.0869. The number of rotatable bonds is 4. The Kier molecular flexibility index (Phi) is 3.40. The third-order valence-electron chi connectivity index (χ3n) is 1.51. The van der Waals surface area contributed by atoms with Crippen LogP contribution in [0.4, 0.5) is 5.82 Å². The van der Waals surface area contributed by atoms with Gasteiger partial charge in [-0.1, -0.05) is 0 Å². The van der Waals surface area contributed by atoms with Crippen LogP contribution in [-0.2, 0) is 9.84 Å². The summed E-state index contributed by atoms with van der Waals surface area (Å²) >= 11 is 0. The first kappa shape index (κ1) is 10.9. The fourth-order valence-electron chi connectivity index (χ4n) is 1.12. The number of nitrogens with zero attached hydrogens (tertiary/aromatic N) is 2. The van der Waals surface area contributed by atoms with Crippen LogP contribution in [0.15, 0.2) is 18.6 Å². The molecule has 0 fully saturated rings. The fourth-order valence-corrected chi connectivity index (χ4v) is 2.11. The Morgan fingerprint density at radius 3 is 2.71 bits per heavy atom. The number of sulfone groups is 1. The van der Waals surface area contributed by atoms with Gasteiger partial charge in [0.2, 0.25) is 0 Å². The standard InChI is InChI=1S/C8H13N3O2S/c1-7(6-14(2,12)13)11-8-5-9-3-4-10-8/h3-5,7H,6H2,1-2H3,(H,10,11). The smallest absolute Gasteiger partial charge is 0.149 e. The average Bonchev–Trinajstić information content (AvgIpc) is 2.02. The van der Waals surface area contributed by atoms with E-state index in [-0.39, 0.29) is 11.8 Å². The van der Waals surface area contributed by atoms with Gasteiger partial charge >= 0.3 is 0 Å². The van der Waals surface area contributed by atoms with E-state index in [1.54, 1.807) is 25.5 Å². The SMILES string of the molecule is CC(CS(C)(=O)=O)Nc1cnccn1. The lowest BCUT2D eigenvalue weighted by molar-refractivity contribution is 0.598. The summed E-state index contributed by atoms with van der Waals surface area (Å²) in [6.45, 7) is 1.79. The predicted octanol–water partition coefficient (Wildman–Crippen LogP) is 0.322. The van der Waals surface area contributed by atoms with Gasteiger partial charge in [-0.3, -0.25) is 4.98 Å². The second-order valence-electron chi connectivity index (χ2n) is 3.23. The monoisotopic (exact) mass is 215 g/mol. The van der Waals surface area contributed by atoms with Crippen LogP contribution < -0.4 is 5.32 Å². The number of hydrogen-bond acceptors (Lipinski definition) is 5. The van der Waals surface area contributed by atoms with Crippen LogP contribution in [0.25, 0.3) is 0 Å². The molecular weight excluding hydrogens is 202 g/mol. The van der Waals surface area contributed by atoms with Gasteiger partial charge in [-0.2, -0.15) is 0 Å². The van der Waals surface area contributed by atoms with E-state index in [1.165, 1.54) is 6.26 Å². The molecule has 5 nitrogen and oxygen atoms in total. The van der Waals surface area contributed by atoms with Crippen LogP contribution in [0.5, 0.6) is 0 Å². The molecule has 0 saturated carbocycles. The molecule has 14 heavy (non-hydrogen) atoms. The first-order valence-electron chi connectivity index (χ1n) is 4.17. The summed E-state index contributed by atoms with van der Waals surface area (Å²) < 4.78 is 21.9. The van der Waals surface area contributed by atoms with Gasteiger partial charge in [0.1, 0.15) is 15.7 Å². The summed E-state index contributed by atoms with van der Waals surface area (Å²) in [6.07, 6.45) is 5.88. The summed E-state index contributed by atoms with van der Waals surface area (Å²) in [5, 5.41) is 2.95. The van der Waals surface area contributed by atoms with Crippen LogP contribution >= 0.6 is 0 Å². The predicted molar refractivity (Wildman–Crippen MR) is 54.8 cm³/mol. The van der Waals surface area contributed by atoms with Crippen LogP contribution in [0.1, 0.15) is 6.92 Å². The van der Waals surface area contributed by atoms with Crippen LogP contribution in [0, 0.1) is 0 Å². The molecule has 0 aliphatic carbocycles. The van der Waals surface area contributed by atoms with E-state index in [0.29, 0.717) is 5.82 Å². The topological polar surface area (TPSA) is 72.0 Å². The van der Waals surface area contributed by atoms with Crippen molar-refractivity contribution in [2.45, 2.75) is 13.0 Å². The van der Waals surface area contributed by atoms with Gasteiger partial charge in [-0.15, -0.1) is 0 Å². The molecule has 1 aromatic heterocycles. The maximum atomic E-state index is 11.0. The highest BCUT2D eigenvalue weighted by molar-refractivity contribution is 7.90. The molecule has 1 atom stereocenters. The molecule has 1 rings (SSSR count). The molecule has 6 heteroatoms. The van der Waals surface area contributed by atoms with E-state index in [4.69, 9.17) is 0 Å². The van der Waals surface area contributed by atoms with Gasteiger partial charge in [-0.05, 0) is 6.92 Å². The third kappa shape index (κ3) is 4.18. The molecule has 0 aliphatic heterocycles. The molecule has 0 aliphatic rings. The maximum absolute atomic E-state index is 11.0. The Balaban J connectivity index is 2.54. The lowest BCUT2D eigenvalue weighted by Gasteiger charge is -2.12. The van der Waals surface area contributed by atoms with E-state index in [2.05, 4.69) is 15.3 Å². The van der Waals surface area contributed by atoms with Gasteiger partial charge in [0.05, 0.1) is 11.9 Å². The normalized spacial score (nSPS) is 13.6. The molecule has 0 bridgehead atoms. The maximum Gasteiger partial charge on any atom is 0.149 e. The van der Waals surface area contributed by atoms with Crippen molar-refractivity contribution in [2.75, 3.05) is 17.3 Å². The van der Waals surface area contributed by atoms with Crippen molar-refractivity contribution < 1.29 is 8.42 Å². The highest BCUT2D eigenvalue weighted by atomic mass is 32.2. The van der Waals surface area contributed by atoms with Gasteiger partial charge in [0, 0.05) is 24.7 Å². The number of anilines is 1. The minimum Gasteiger partial charge on any atom is -0.365 e. The van der Waals surface area contributed by atoms with Crippen molar-refractivity contribution in [3.8, 4) is 0 Å². The van der Waals surface area contributed by atoms with Crippen molar-refractivity contribution in [1.29, 1.82) is 0 Å². The van der Waals surface area contributed by atoms with Gasteiger partial charge < -0.3 is 5.32 Å². The Morgan fingerprint density at radius 2 is 2.21 bits per heavy atom. The fraction of sp³-hybridized carbons (Fsp3) is 0.500. The average molecular weight is 215 g/mol.